The number of nitrogens with one attached hydrogen (secondary N) is 1. The first-order valence-electron chi connectivity index (χ1n) is 4.81. The molecule has 0 spiro atoms. The second-order valence-electron chi connectivity index (χ2n) is 3.43. The first kappa shape index (κ1) is 10.4. The fourth-order valence-electron chi connectivity index (χ4n) is 1.53. The van der Waals surface area contributed by atoms with Crippen LogP contribution in [0.2, 0.25) is 0 Å². The van der Waals surface area contributed by atoms with Gasteiger partial charge in [-0.05, 0) is 24.6 Å². The summed E-state index contributed by atoms with van der Waals surface area (Å²) in [6.07, 6.45) is 0.733. The Hall–Kier alpha value is -1.16. The van der Waals surface area contributed by atoms with Gasteiger partial charge in [-0.15, -0.1) is 0 Å². The second-order valence-corrected chi connectivity index (χ2v) is 4.29. The molecule has 1 aromatic heterocycles. The van der Waals surface area contributed by atoms with Crippen LogP contribution in [-0.2, 0) is 6.42 Å². The fourth-order valence-corrected chi connectivity index (χ4v) is 1.85. The molecule has 4 heteroatoms. The van der Waals surface area contributed by atoms with Crippen LogP contribution in [0.25, 0.3) is 10.9 Å². The molecule has 2 rings (SSSR count). The summed E-state index contributed by atoms with van der Waals surface area (Å²) in [7, 11) is 0. The lowest BCUT2D eigenvalue weighted by molar-refractivity contribution is 0.942. The van der Waals surface area contributed by atoms with E-state index in [9.17, 15) is 4.79 Å². The minimum absolute atomic E-state index is 0.0625. The highest BCUT2D eigenvalue weighted by molar-refractivity contribution is 9.10. The Bertz CT molecular complexity index is 575. The lowest BCUT2D eigenvalue weighted by atomic mass is 10.1. The van der Waals surface area contributed by atoms with Crippen molar-refractivity contribution < 1.29 is 0 Å². The molecule has 0 radical (unpaired) electrons. The molecule has 0 saturated carbocycles. The van der Waals surface area contributed by atoms with Crippen LogP contribution in [0.5, 0.6) is 0 Å². The molecule has 0 unspecified atom stereocenters. The van der Waals surface area contributed by atoms with Gasteiger partial charge in [-0.2, -0.15) is 0 Å². The van der Waals surface area contributed by atoms with E-state index in [1.807, 2.05) is 19.9 Å². The van der Waals surface area contributed by atoms with Gasteiger partial charge in [-0.25, -0.2) is 4.98 Å². The summed E-state index contributed by atoms with van der Waals surface area (Å²) in [5.74, 6) is 0.730. The molecule has 1 N–H and O–H groups in total. The summed E-state index contributed by atoms with van der Waals surface area (Å²) in [5, 5.41) is 0.646. The smallest absolute Gasteiger partial charge is 0.258 e. The summed E-state index contributed by atoms with van der Waals surface area (Å²) >= 11 is 3.44. The number of rotatable bonds is 1. The summed E-state index contributed by atoms with van der Waals surface area (Å²) in [4.78, 5) is 18.9. The predicted molar refractivity (Wildman–Crippen MR) is 64.2 cm³/mol. The average Bonchev–Trinajstić information content (AvgIpc) is 2.23. The quantitative estimate of drug-likeness (QED) is 0.863. The van der Waals surface area contributed by atoms with E-state index in [0.29, 0.717) is 5.39 Å². The lowest BCUT2D eigenvalue weighted by Gasteiger charge is -2.04. The van der Waals surface area contributed by atoms with Gasteiger partial charge in [0.25, 0.3) is 5.56 Å². The Morgan fingerprint density at radius 2 is 2.20 bits per heavy atom. The van der Waals surface area contributed by atoms with E-state index >= 15 is 0 Å². The van der Waals surface area contributed by atoms with Crippen molar-refractivity contribution in [2.75, 3.05) is 0 Å². The van der Waals surface area contributed by atoms with Crippen LogP contribution in [0.15, 0.2) is 21.4 Å². The van der Waals surface area contributed by atoms with Gasteiger partial charge < -0.3 is 4.98 Å². The minimum atomic E-state index is -0.0625. The van der Waals surface area contributed by atoms with Crippen molar-refractivity contribution in [1.29, 1.82) is 0 Å². The number of hydrogen-bond donors (Lipinski definition) is 1. The number of aromatic nitrogens is 2. The Morgan fingerprint density at radius 3 is 2.87 bits per heavy atom. The fraction of sp³-hybridized carbons (Fsp3) is 0.273. The number of nitrogens with zero attached hydrogens (tertiary/aromatic N) is 1. The van der Waals surface area contributed by atoms with E-state index in [2.05, 4.69) is 25.9 Å². The Morgan fingerprint density at radius 1 is 1.47 bits per heavy atom. The maximum Gasteiger partial charge on any atom is 0.258 e. The third-order valence-electron chi connectivity index (χ3n) is 2.45. The molecule has 0 bridgehead atoms. The summed E-state index contributed by atoms with van der Waals surface area (Å²) in [5.41, 5.74) is 1.73. The van der Waals surface area contributed by atoms with Crippen LogP contribution in [0.1, 0.15) is 18.3 Å². The Labute approximate surface area is 95.7 Å². The van der Waals surface area contributed by atoms with Gasteiger partial charge in [0.05, 0.1) is 10.9 Å². The van der Waals surface area contributed by atoms with Crippen molar-refractivity contribution in [3.8, 4) is 0 Å². The Kier molecular flexibility index (Phi) is 2.61. The van der Waals surface area contributed by atoms with E-state index in [1.54, 1.807) is 6.07 Å². The van der Waals surface area contributed by atoms with E-state index in [4.69, 9.17) is 0 Å². The van der Waals surface area contributed by atoms with Crippen LogP contribution < -0.4 is 5.56 Å². The van der Waals surface area contributed by atoms with Crippen LogP contribution >= 0.6 is 15.9 Å². The lowest BCUT2D eigenvalue weighted by Crippen LogP contribution is -2.11. The van der Waals surface area contributed by atoms with Crippen LogP contribution in [0.4, 0.5) is 0 Å². The predicted octanol–water partition coefficient (Wildman–Crippen LogP) is 2.56. The van der Waals surface area contributed by atoms with Crippen molar-refractivity contribution in [2.24, 2.45) is 0 Å². The van der Waals surface area contributed by atoms with Gasteiger partial charge in [0.2, 0.25) is 0 Å². The van der Waals surface area contributed by atoms with Crippen LogP contribution in [0.3, 0.4) is 0 Å². The third-order valence-corrected chi connectivity index (χ3v) is 3.31. The van der Waals surface area contributed by atoms with Gasteiger partial charge in [-0.3, -0.25) is 4.79 Å². The number of benzene rings is 1. The monoisotopic (exact) mass is 266 g/mol. The van der Waals surface area contributed by atoms with E-state index in [1.165, 1.54) is 0 Å². The zero-order valence-corrected chi connectivity index (χ0v) is 10.2. The first-order valence-corrected chi connectivity index (χ1v) is 5.60. The number of aromatic amines is 1. The van der Waals surface area contributed by atoms with Crippen molar-refractivity contribution in [3.05, 3.63) is 38.3 Å². The molecule has 0 amide bonds. The third kappa shape index (κ3) is 1.69. The second kappa shape index (κ2) is 3.77. The van der Waals surface area contributed by atoms with E-state index < -0.39 is 0 Å². The van der Waals surface area contributed by atoms with E-state index in [0.717, 1.165) is 27.8 Å². The molecule has 3 nitrogen and oxygen atoms in total. The van der Waals surface area contributed by atoms with Crippen molar-refractivity contribution in [3.63, 3.8) is 0 Å². The van der Waals surface area contributed by atoms with Gasteiger partial charge in [-0.1, -0.05) is 22.9 Å². The van der Waals surface area contributed by atoms with Gasteiger partial charge in [0.15, 0.2) is 0 Å². The molecule has 0 fully saturated rings. The SMILES string of the molecule is CCc1nc2c(C)c(Br)ccc2c(=O)[nH]1. The molecule has 1 aromatic carbocycles. The van der Waals surface area contributed by atoms with Gasteiger partial charge >= 0.3 is 0 Å². The zero-order chi connectivity index (χ0) is 11.0. The Balaban J connectivity index is 2.93. The van der Waals surface area contributed by atoms with Crippen molar-refractivity contribution in [2.45, 2.75) is 20.3 Å². The molecule has 0 aliphatic heterocycles. The first-order chi connectivity index (χ1) is 7.13. The molecule has 1 heterocycles. The van der Waals surface area contributed by atoms with Gasteiger partial charge in [0.1, 0.15) is 5.82 Å². The maximum atomic E-state index is 11.7. The largest absolute Gasteiger partial charge is 0.310 e. The summed E-state index contributed by atoms with van der Waals surface area (Å²) in [6, 6.07) is 3.66. The highest BCUT2D eigenvalue weighted by Gasteiger charge is 2.07. The molecule has 78 valence electrons. The number of H-pyrrole nitrogens is 1. The number of hydrogen-bond acceptors (Lipinski definition) is 2. The number of fused-ring (bicyclic) bond motifs is 1. The normalized spacial score (nSPS) is 10.9. The highest BCUT2D eigenvalue weighted by atomic mass is 79.9. The molecule has 2 aromatic rings. The maximum absolute atomic E-state index is 11.7. The number of aryl methyl sites for hydroxylation is 2. The van der Waals surface area contributed by atoms with Crippen LogP contribution in [-0.4, -0.2) is 9.97 Å². The molecule has 0 aliphatic rings. The summed E-state index contributed by atoms with van der Waals surface area (Å²) < 4.78 is 0.982. The highest BCUT2D eigenvalue weighted by Crippen LogP contribution is 2.22. The van der Waals surface area contributed by atoms with E-state index in [-0.39, 0.29) is 5.56 Å². The topological polar surface area (TPSA) is 45.8 Å². The molecule has 0 atom stereocenters. The van der Waals surface area contributed by atoms with Crippen LogP contribution in [0, 0.1) is 6.92 Å². The minimum Gasteiger partial charge on any atom is -0.310 e. The van der Waals surface area contributed by atoms with Crippen molar-refractivity contribution in [1.82, 2.24) is 9.97 Å². The molecule has 0 saturated heterocycles. The molecular weight excluding hydrogens is 256 g/mol. The van der Waals surface area contributed by atoms with Crippen molar-refractivity contribution >= 4 is 26.8 Å². The summed E-state index contributed by atoms with van der Waals surface area (Å²) in [6.45, 7) is 3.93. The standard InChI is InChI=1S/C11H11BrN2O/c1-3-9-13-10-6(2)8(12)5-4-7(10)11(15)14-9/h4-5H,3H2,1-2H3,(H,13,14,15). The molecule has 0 aliphatic carbocycles. The number of halogens is 1. The zero-order valence-electron chi connectivity index (χ0n) is 8.60. The molecule has 15 heavy (non-hydrogen) atoms. The van der Waals surface area contributed by atoms with Gasteiger partial charge in [0, 0.05) is 10.9 Å². The average molecular weight is 267 g/mol. The molecular formula is C11H11BrN2O.